The quantitative estimate of drug-likeness (QED) is 0.166. The average molecular weight is 1210 g/mol. The van der Waals surface area contributed by atoms with E-state index >= 15 is 0 Å². The van der Waals surface area contributed by atoms with Gasteiger partial charge >= 0.3 is 0 Å². The summed E-state index contributed by atoms with van der Waals surface area (Å²) >= 11 is 0. The Morgan fingerprint density at radius 2 is 0.453 bits per heavy atom. The Morgan fingerprint density at radius 1 is 0.137 bits per heavy atom. The molecule has 0 spiro atoms. The largest absolute Gasteiger partial charge is 0.456 e. The Labute approximate surface area is 543 Å². The molecular formula is C92H52O3. The van der Waals surface area contributed by atoms with Gasteiger partial charge in [-0.1, -0.05) is 273 Å². The summed E-state index contributed by atoms with van der Waals surface area (Å²) in [6, 6.07) is 114. The minimum absolute atomic E-state index is 0.934. The van der Waals surface area contributed by atoms with Gasteiger partial charge in [0.15, 0.2) is 0 Å². The zero-order valence-electron chi connectivity index (χ0n) is 51.2. The van der Waals surface area contributed by atoms with Gasteiger partial charge in [0.2, 0.25) is 0 Å². The molecule has 0 unspecified atom stereocenters. The lowest BCUT2D eigenvalue weighted by molar-refractivity contribution is 0.669. The first-order valence-electron chi connectivity index (χ1n) is 32.7. The molecule has 3 aromatic heterocycles. The van der Waals surface area contributed by atoms with Crippen molar-refractivity contribution in [3.63, 3.8) is 0 Å². The minimum Gasteiger partial charge on any atom is -0.456 e. The Hall–Kier alpha value is -12.6. The van der Waals surface area contributed by atoms with Crippen molar-refractivity contribution in [3.8, 4) is 33.4 Å². The van der Waals surface area contributed by atoms with Crippen LogP contribution in [0.2, 0.25) is 0 Å². The second kappa shape index (κ2) is 20.0. The van der Waals surface area contributed by atoms with Crippen molar-refractivity contribution in [2.24, 2.45) is 0 Å². The highest BCUT2D eigenvalue weighted by molar-refractivity contribution is 6.31. The predicted octanol–water partition coefficient (Wildman–Crippen LogP) is 26.8. The van der Waals surface area contributed by atoms with Crippen LogP contribution in [0.5, 0.6) is 0 Å². The van der Waals surface area contributed by atoms with Crippen molar-refractivity contribution >= 4 is 184 Å². The third-order valence-corrected chi connectivity index (χ3v) is 20.6. The van der Waals surface area contributed by atoms with E-state index in [1.165, 1.54) is 179 Å². The average Bonchev–Trinajstić information content (AvgIpc) is 1.59. The summed E-state index contributed by atoms with van der Waals surface area (Å²) in [5.41, 5.74) is 13.1. The lowest BCUT2D eigenvalue weighted by Crippen LogP contribution is -1.87. The van der Waals surface area contributed by atoms with E-state index in [1.807, 2.05) is 12.1 Å². The van der Waals surface area contributed by atoms with Gasteiger partial charge in [-0.2, -0.15) is 0 Å². The third-order valence-electron chi connectivity index (χ3n) is 20.6. The van der Waals surface area contributed by atoms with Gasteiger partial charge < -0.3 is 13.3 Å². The number of hydrogen-bond donors (Lipinski definition) is 0. The van der Waals surface area contributed by atoms with Crippen LogP contribution in [0.4, 0.5) is 0 Å². The van der Waals surface area contributed by atoms with E-state index < -0.39 is 0 Å². The molecule has 0 saturated carbocycles. The molecule has 0 aliphatic rings. The molecule has 3 nitrogen and oxygen atoms in total. The number of rotatable bonds is 3. The number of furan rings is 3. The van der Waals surface area contributed by atoms with E-state index in [1.54, 1.807) is 0 Å². The molecule has 0 N–H and O–H groups in total. The van der Waals surface area contributed by atoms with Gasteiger partial charge in [-0.3, -0.25) is 0 Å². The van der Waals surface area contributed by atoms with Gasteiger partial charge in [0, 0.05) is 37.7 Å². The first-order chi connectivity index (χ1) is 47.1. The van der Waals surface area contributed by atoms with Crippen LogP contribution < -0.4 is 0 Å². The van der Waals surface area contributed by atoms with Crippen LogP contribution in [0, 0.1) is 0 Å². The molecule has 438 valence electrons. The minimum atomic E-state index is 0.934. The predicted molar refractivity (Wildman–Crippen MR) is 404 cm³/mol. The molecule has 0 amide bonds. The zero-order chi connectivity index (χ0) is 62.0. The van der Waals surface area contributed by atoms with Gasteiger partial charge in [0.05, 0.1) is 0 Å². The number of hydrogen-bond acceptors (Lipinski definition) is 3. The van der Waals surface area contributed by atoms with Crippen LogP contribution in [0.1, 0.15) is 0 Å². The van der Waals surface area contributed by atoms with Crippen molar-refractivity contribution in [3.05, 3.63) is 315 Å². The standard InChI is InChI=1S/2C32H18O.C28H16O/c1-2-8-23-19(5-1)13-18-27-31-25(9-4-10-28(31)33-32(23)27)24-16-14-22-12-11-20-6-3-7-21-15-17-26(24)30(22)29(20)21;1-2-6-23-18-29-27(17-22(23)5-1)32-25(9-4-10-28(32)33-29)24-15-13-21-12-11-19-7-3-8-20-14-16-26(24)31(21)30(19)20;1-2-9-24-23(7-1)28-21(8-4-10-25(28)29-24)20-15-13-19-12-11-17-5-3-6-18-14-16-22(20)27(19)26(17)18/h2*1-18H;1-16H. The second-order valence-electron chi connectivity index (χ2n) is 25.6. The zero-order valence-corrected chi connectivity index (χ0v) is 51.2. The van der Waals surface area contributed by atoms with Crippen molar-refractivity contribution in [2.75, 3.05) is 0 Å². The van der Waals surface area contributed by atoms with E-state index in [4.69, 9.17) is 13.3 Å². The van der Waals surface area contributed by atoms with E-state index in [0.717, 1.165) is 38.9 Å². The van der Waals surface area contributed by atoms with Gasteiger partial charge in [0.1, 0.15) is 33.5 Å². The van der Waals surface area contributed by atoms with Gasteiger partial charge in [-0.25, -0.2) is 0 Å². The highest BCUT2D eigenvalue weighted by Crippen LogP contribution is 2.48. The normalized spacial score (nSPS) is 12.2. The molecule has 3 heterocycles. The molecule has 23 rings (SSSR count). The maximum Gasteiger partial charge on any atom is 0.143 e. The summed E-state index contributed by atoms with van der Waals surface area (Å²) in [6.45, 7) is 0. The van der Waals surface area contributed by atoms with Crippen molar-refractivity contribution < 1.29 is 13.3 Å². The molecule has 0 saturated heterocycles. The maximum absolute atomic E-state index is 6.45. The Bertz CT molecular complexity index is 6880. The Morgan fingerprint density at radius 3 is 0.947 bits per heavy atom. The second-order valence-corrected chi connectivity index (χ2v) is 25.6. The summed E-state index contributed by atoms with van der Waals surface area (Å²) in [4.78, 5) is 0. The first kappa shape index (κ1) is 52.1. The number of benzene rings is 20. The topological polar surface area (TPSA) is 39.4 Å². The Balaban J connectivity index is 0.0000000952. The molecule has 0 bridgehead atoms. The van der Waals surface area contributed by atoms with Gasteiger partial charge in [0.25, 0.3) is 0 Å². The third kappa shape index (κ3) is 7.69. The van der Waals surface area contributed by atoms with Crippen molar-refractivity contribution in [2.45, 2.75) is 0 Å². The molecule has 0 aliphatic carbocycles. The number of fused-ring (bicyclic) bond motifs is 12. The molecule has 20 aromatic carbocycles. The summed E-state index contributed by atoms with van der Waals surface area (Å²) < 4.78 is 18.9. The van der Waals surface area contributed by atoms with E-state index in [0.29, 0.717) is 0 Å². The fraction of sp³-hybridized carbons (Fsp3) is 0. The van der Waals surface area contributed by atoms with Crippen LogP contribution in [-0.4, -0.2) is 0 Å². The number of para-hydroxylation sites is 1. The lowest BCUT2D eigenvalue weighted by atomic mass is 9.88. The Kier molecular flexibility index (Phi) is 11.0. The molecule has 0 aliphatic heterocycles. The smallest absolute Gasteiger partial charge is 0.143 e. The first-order valence-corrected chi connectivity index (χ1v) is 32.7. The molecule has 0 atom stereocenters. The fourth-order valence-electron chi connectivity index (χ4n) is 16.4. The summed E-state index contributed by atoms with van der Waals surface area (Å²) in [5, 5.41) is 35.5. The van der Waals surface area contributed by atoms with Gasteiger partial charge in [-0.05, 0) is 189 Å². The van der Waals surface area contributed by atoms with E-state index in [9.17, 15) is 0 Å². The van der Waals surface area contributed by atoms with Crippen LogP contribution in [-0.2, 0) is 0 Å². The summed E-state index contributed by atoms with van der Waals surface area (Å²) in [6.07, 6.45) is 0. The molecule has 3 heteroatoms. The van der Waals surface area contributed by atoms with Crippen LogP contribution in [0.3, 0.4) is 0 Å². The van der Waals surface area contributed by atoms with Crippen molar-refractivity contribution in [1.82, 2.24) is 0 Å². The van der Waals surface area contributed by atoms with Gasteiger partial charge in [-0.15, -0.1) is 0 Å². The summed E-state index contributed by atoms with van der Waals surface area (Å²) in [7, 11) is 0. The molecular weight excluding hydrogens is 1150 g/mol. The van der Waals surface area contributed by atoms with Crippen LogP contribution in [0.25, 0.3) is 218 Å². The molecule has 0 fully saturated rings. The maximum atomic E-state index is 6.45. The fourth-order valence-corrected chi connectivity index (χ4v) is 16.4. The summed E-state index contributed by atoms with van der Waals surface area (Å²) in [5.74, 6) is 0. The SMILES string of the molecule is c1cc2ccc3ccc(-c4cccc5oc6ccccc6c45)c4ccc(c1)c2c34.c1ccc2c(c1)ccc1c2oc2cccc(-c3ccc4ccc5cccc6ccc3c4c56)c21.c1ccc2cc3c(cc2c1)oc1cccc(-c2ccc4ccc5cccc6ccc2c4c56)c13. The highest BCUT2D eigenvalue weighted by atomic mass is 16.3. The van der Waals surface area contributed by atoms with Crippen LogP contribution in [0.15, 0.2) is 329 Å². The monoisotopic (exact) mass is 1200 g/mol. The van der Waals surface area contributed by atoms with E-state index in [2.05, 4.69) is 303 Å². The molecule has 95 heavy (non-hydrogen) atoms. The van der Waals surface area contributed by atoms with Crippen LogP contribution >= 0.6 is 0 Å². The molecule has 23 aromatic rings. The van der Waals surface area contributed by atoms with Crippen molar-refractivity contribution in [1.29, 1.82) is 0 Å². The molecule has 0 radical (unpaired) electrons. The lowest BCUT2D eigenvalue weighted by Gasteiger charge is -2.14. The highest BCUT2D eigenvalue weighted by Gasteiger charge is 2.22. The van der Waals surface area contributed by atoms with E-state index in [-0.39, 0.29) is 0 Å².